The molecule has 0 spiro atoms. The molecule has 0 saturated heterocycles. The predicted octanol–water partition coefficient (Wildman–Crippen LogP) is 5.19. The summed E-state index contributed by atoms with van der Waals surface area (Å²) in [6, 6.07) is 19.9. The molecule has 0 saturated carbocycles. The standard InChI is InChI=1S/C24H22ClN3O/c25-20-12-15(29)7-9-17(20)23-18-8-5-13-3-1-2-4-16(13)22(18)19-11-14(24(26)27)6-10-21(19)28-23/h1-4,6-7,9-12,18,22-23,28-29H,5,8H2,(H3,26,27)/t18-,22-,23-/m1/s1. The number of nitrogens with two attached hydrogens (primary N) is 1. The maximum atomic E-state index is 9.80. The highest BCUT2D eigenvalue weighted by atomic mass is 35.5. The van der Waals surface area contributed by atoms with E-state index in [2.05, 4.69) is 35.6 Å². The Morgan fingerprint density at radius 1 is 1.03 bits per heavy atom. The minimum absolute atomic E-state index is 0.0390. The quantitative estimate of drug-likeness (QED) is 0.351. The van der Waals surface area contributed by atoms with E-state index in [1.165, 1.54) is 16.7 Å². The average Bonchev–Trinajstić information content (AvgIpc) is 2.72. The van der Waals surface area contributed by atoms with Gasteiger partial charge in [0, 0.05) is 22.2 Å². The Morgan fingerprint density at radius 2 is 1.86 bits per heavy atom. The third-order valence-corrected chi connectivity index (χ3v) is 6.65. The first kappa shape index (κ1) is 18.1. The number of rotatable bonds is 2. The number of fused-ring (bicyclic) bond motifs is 5. The first-order valence-electron chi connectivity index (χ1n) is 9.84. The van der Waals surface area contributed by atoms with Crippen LogP contribution in [0.15, 0.2) is 60.7 Å². The molecule has 5 rings (SSSR count). The van der Waals surface area contributed by atoms with E-state index in [-0.39, 0.29) is 23.5 Å². The van der Waals surface area contributed by atoms with E-state index >= 15 is 0 Å². The molecule has 3 aromatic rings. The van der Waals surface area contributed by atoms with Crippen LogP contribution in [-0.2, 0) is 6.42 Å². The van der Waals surface area contributed by atoms with Crippen LogP contribution in [0.5, 0.6) is 5.75 Å². The fourth-order valence-corrected chi connectivity index (χ4v) is 5.30. The van der Waals surface area contributed by atoms with Crippen molar-refractivity contribution in [3.05, 3.63) is 93.5 Å². The van der Waals surface area contributed by atoms with Crippen molar-refractivity contribution in [3.63, 3.8) is 0 Å². The van der Waals surface area contributed by atoms with Crippen LogP contribution < -0.4 is 11.1 Å². The van der Waals surface area contributed by atoms with E-state index in [0.717, 1.165) is 29.7 Å². The number of benzene rings is 3. The molecule has 4 nitrogen and oxygen atoms in total. The van der Waals surface area contributed by atoms with E-state index < -0.39 is 0 Å². The molecule has 1 heterocycles. The van der Waals surface area contributed by atoms with E-state index in [0.29, 0.717) is 10.9 Å². The van der Waals surface area contributed by atoms with Crippen molar-refractivity contribution in [3.8, 4) is 5.75 Å². The minimum atomic E-state index is 0.0390. The van der Waals surface area contributed by atoms with Crippen LogP contribution in [0.2, 0.25) is 5.02 Å². The minimum Gasteiger partial charge on any atom is -0.508 e. The number of aromatic hydroxyl groups is 1. The Bertz CT molecular complexity index is 1130. The van der Waals surface area contributed by atoms with Crippen LogP contribution in [0.4, 0.5) is 5.69 Å². The highest BCUT2D eigenvalue weighted by Crippen LogP contribution is 2.53. The zero-order valence-corrected chi connectivity index (χ0v) is 16.6. The lowest BCUT2D eigenvalue weighted by atomic mass is 9.65. The molecule has 1 aliphatic carbocycles. The Hall–Kier alpha value is -2.98. The second-order valence-corrected chi connectivity index (χ2v) is 8.33. The molecule has 2 aliphatic rings. The van der Waals surface area contributed by atoms with Crippen LogP contribution in [0.3, 0.4) is 0 Å². The topological polar surface area (TPSA) is 82.1 Å². The van der Waals surface area contributed by atoms with Gasteiger partial charge >= 0.3 is 0 Å². The SMILES string of the molecule is N=C(N)c1ccc2c(c1)[C@@H]1c3ccccc3CC[C@H]1[C@@H](c1ccc(O)cc1Cl)N2. The van der Waals surface area contributed by atoms with Crippen LogP contribution in [0, 0.1) is 11.3 Å². The number of phenolic OH excluding ortho intramolecular Hbond substituents is 1. The summed E-state index contributed by atoms with van der Waals surface area (Å²) in [4.78, 5) is 0. The van der Waals surface area contributed by atoms with E-state index in [1.54, 1.807) is 12.1 Å². The van der Waals surface area contributed by atoms with Crippen molar-refractivity contribution in [2.75, 3.05) is 5.32 Å². The van der Waals surface area contributed by atoms with E-state index in [9.17, 15) is 5.11 Å². The van der Waals surface area contributed by atoms with Gasteiger partial charge in [0.05, 0.1) is 6.04 Å². The fraction of sp³-hybridized carbons (Fsp3) is 0.208. The molecule has 0 unspecified atom stereocenters. The summed E-state index contributed by atoms with van der Waals surface area (Å²) in [5.41, 5.74) is 12.5. The molecular weight excluding hydrogens is 382 g/mol. The van der Waals surface area contributed by atoms with E-state index in [1.807, 2.05) is 18.2 Å². The Kier molecular flexibility index (Phi) is 4.25. The monoisotopic (exact) mass is 403 g/mol. The predicted molar refractivity (Wildman–Crippen MR) is 117 cm³/mol. The smallest absolute Gasteiger partial charge is 0.122 e. The van der Waals surface area contributed by atoms with Gasteiger partial charge in [0.25, 0.3) is 0 Å². The molecule has 5 N–H and O–H groups in total. The molecule has 3 atom stereocenters. The Morgan fingerprint density at radius 3 is 2.66 bits per heavy atom. The lowest BCUT2D eigenvalue weighted by molar-refractivity contribution is 0.348. The number of hydrogen-bond acceptors (Lipinski definition) is 3. The normalized spacial score (nSPS) is 22.0. The number of phenols is 1. The summed E-state index contributed by atoms with van der Waals surface area (Å²) in [6.07, 6.45) is 2.05. The Balaban J connectivity index is 1.71. The summed E-state index contributed by atoms with van der Waals surface area (Å²) in [5.74, 6) is 0.760. The fourth-order valence-electron chi connectivity index (χ4n) is 5.01. The Labute approximate surface area is 174 Å². The molecular formula is C24H22ClN3O. The second kappa shape index (κ2) is 6.82. The molecule has 5 heteroatoms. The summed E-state index contributed by atoms with van der Waals surface area (Å²) in [6.45, 7) is 0. The van der Waals surface area contributed by atoms with Gasteiger partial charge in [-0.25, -0.2) is 0 Å². The third-order valence-electron chi connectivity index (χ3n) is 6.32. The molecule has 1 aliphatic heterocycles. The van der Waals surface area contributed by atoms with E-state index in [4.69, 9.17) is 22.7 Å². The molecule has 0 amide bonds. The molecule has 146 valence electrons. The first-order valence-corrected chi connectivity index (χ1v) is 10.2. The van der Waals surface area contributed by atoms with Crippen LogP contribution in [0.25, 0.3) is 0 Å². The highest BCUT2D eigenvalue weighted by Gasteiger charge is 2.41. The van der Waals surface area contributed by atoms with Crippen molar-refractivity contribution in [2.24, 2.45) is 11.7 Å². The first-order chi connectivity index (χ1) is 14.0. The summed E-state index contributed by atoms with van der Waals surface area (Å²) in [5, 5.41) is 21.9. The van der Waals surface area contributed by atoms with Crippen LogP contribution in [-0.4, -0.2) is 10.9 Å². The van der Waals surface area contributed by atoms with Crippen molar-refractivity contribution in [1.29, 1.82) is 5.41 Å². The number of anilines is 1. The zero-order chi connectivity index (χ0) is 20.1. The van der Waals surface area contributed by atoms with Gasteiger partial charge in [-0.15, -0.1) is 0 Å². The number of nitrogen functional groups attached to an aromatic ring is 1. The van der Waals surface area contributed by atoms with Gasteiger partial charge in [-0.05, 0) is 71.3 Å². The van der Waals surface area contributed by atoms with Crippen molar-refractivity contribution in [2.45, 2.75) is 24.8 Å². The number of halogens is 1. The second-order valence-electron chi connectivity index (χ2n) is 7.92. The van der Waals surface area contributed by atoms with Gasteiger partial charge in [-0.3, -0.25) is 5.41 Å². The molecule has 29 heavy (non-hydrogen) atoms. The van der Waals surface area contributed by atoms with Crippen LogP contribution in [0.1, 0.15) is 46.2 Å². The summed E-state index contributed by atoms with van der Waals surface area (Å²) < 4.78 is 0. The van der Waals surface area contributed by atoms with Crippen LogP contribution >= 0.6 is 11.6 Å². The van der Waals surface area contributed by atoms with Gasteiger partial charge in [0.2, 0.25) is 0 Å². The van der Waals surface area contributed by atoms with Crippen molar-refractivity contribution >= 4 is 23.1 Å². The maximum absolute atomic E-state index is 9.80. The van der Waals surface area contributed by atoms with Gasteiger partial charge in [0.1, 0.15) is 11.6 Å². The molecule has 0 radical (unpaired) electrons. The zero-order valence-electron chi connectivity index (χ0n) is 15.8. The lowest BCUT2D eigenvalue weighted by Gasteiger charge is -2.45. The highest BCUT2D eigenvalue weighted by molar-refractivity contribution is 6.31. The van der Waals surface area contributed by atoms with Gasteiger partial charge in [0.15, 0.2) is 0 Å². The molecule has 0 fully saturated rings. The van der Waals surface area contributed by atoms with Crippen molar-refractivity contribution < 1.29 is 5.11 Å². The number of nitrogens with one attached hydrogen (secondary N) is 2. The van der Waals surface area contributed by atoms with Gasteiger partial charge in [-0.2, -0.15) is 0 Å². The number of hydrogen-bond donors (Lipinski definition) is 4. The number of aryl methyl sites for hydroxylation is 1. The maximum Gasteiger partial charge on any atom is 0.122 e. The lowest BCUT2D eigenvalue weighted by Crippen LogP contribution is -2.35. The number of amidine groups is 1. The summed E-state index contributed by atoms with van der Waals surface area (Å²) in [7, 11) is 0. The van der Waals surface area contributed by atoms with Crippen molar-refractivity contribution in [1.82, 2.24) is 0 Å². The summed E-state index contributed by atoms with van der Waals surface area (Å²) >= 11 is 6.54. The van der Waals surface area contributed by atoms with Gasteiger partial charge in [-0.1, -0.05) is 41.9 Å². The average molecular weight is 404 g/mol. The largest absolute Gasteiger partial charge is 0.508 e. The molecule has 0 bridgehead atoms. The third kappa shape index (κ3) is 2.95. The molecule has 3 aromatic carbocycles. The molecule has 0 aromatic heterocycles. The van der Waals surface area contributed by atoms with Gasteiger partial charge < -0.3 is 16.2 Å².